The van der Waals surface area contributed by atoms with Gasteiger partial charge in [0.15, 0.2) is 5.78 Å². The second-order valence-corrected chi connectivity index (χ2v) is 31.3. The fraction of sp³-hybridized carbons (Fsp3) is 0.541. The number of phosphoric acid groups is 1. The third-order valence-electron chi connectivity index (χ3n) is 20.1. The number of halogens is 10. The van der Waals surface area contributed by atoms with Crippen molar-refractivity contribution in [2.45, 2.75) is 181 Å². The van der Waals surface area contributed by atoms with Crippen molar-refractivity contribution in [2.75, 3.05) is 52.0 Å². The Balaban J connectivity index is 1.27. The highest BCUT2D eigenvalue weighted by atomic mass is 31.2. The van der Waals surface area contributed by atoms with Crippen LogP contribution in [0.4, 0.5) is 54.6 Å². The van der Waals surface area contributed by atoms with Gasteiger partial charge in [-0.05, 0) is 105 Å². The van der Waals surface area contributed by atoms with Crippen LogP contribution in [0.25, 0.3) is 11.3 Å². The van der Waals surface area contributed by atoms with Gasteiger partial charge in [-0.2, -0.15) is 40.2 Å². The number of aryl methyl sites for hydroxylation is 1. The van der Waals surface area contributed by atoms with Crippen LogP contribution < -0.4 is 25.5 Å². The number of alkyl halides is 8. The number of phosphoric ester groups is 1. The maximum absolute atomic E-state index is 16.9. The molecule has 5 aromatic rings. The minimum absolute atomic E-state index is 0.0556. The van der Waals surface area contributed by atoms with Crippen molar-refractivity contribution >= 4 is 55.4 Å². The molecule has 0 spiro atoms. The first-order valence-electron chi connectivity index (χ1n) is 35.3. The van der Waals surface area contributed by atoms with Crippen molar-refractivity contribution < 1.29 is 120 Å². The van der Waals surface area contributed by atoms with Crippen LogP contribution in [0.2, 0.25) is 0 Å². The molecule has 3 aromatic carbocycles. The number of rotatable bonds is 33. The number of hydrogen-bond acceptors (Lipinski definition) is 19. The number of aliphatic carboxylic acids is 1. The van der Waals surface area contributed by atoms with E-state index in [0.717, 1.165) is 45.4 Å². The Hall–Kier alpha value is -9.27. The van der Waals surface area contributed by atoms with Gasteiger partial charge in [0.05, 0.1) is 87.3 Å². The first-order chi connectivity index (χ1) is 51.7. The average molecular weight is 1600 g/mol. The number of aromatic nitrogens is 4. The van der Waals surface area contributed by atoms with E-state index >= 15 is 44.7 Å². The number of carbonyl (C=O) groups excluding carboxylic acids is 6. The molecule has 2 bridgehead atoms. The van der Waals surface area contributed by atoms with Gasteiger partial charge in [0, 0.05) is 90.3 Å². The van der Waals surface area contributed by atoms with E-state index in [1.165, 1.54) is 51.1 Å². The summed E-state index contributed by atoms with van der Waals surface area (Å²) in [6.45, 7) is 6.56. The third kappa shape index (κ3) is 22.3. The van der Waals surface area contributed by atoms with Gasteiger partial charge in [-0.1, -0.05) is 71.6 Å². The van der Waals surface area contributed by atoms with E-state index in [1.54, 1.807) is 26.2 Å². The molecule has 111 heavy (non-hydrogen) atoms. The van der Waals surface area contributed by atoms with Crippen molar-refractivity contribution in [3.63, 3.8) is 0 Å². The summed E-state index contributed by atoms with van der Waals surface area (Å²) in [5.41, 5.74) is -7.37. The number of esters is 2. The molecule has 3 amide bonds. The Morgan fingerprint density at radius 2 is 1.39 bits per heavy atom. The van der Waals surface area contributed by atoms with Crippen LogP contribution in [-0.4, -0.2) is 182 Å². The van der Waals surface area contributed by atoms with Crippen molar-refractivity contribution in [1.82, 2.24) is 45.7 Å². The molecule has 3 aliphatic heterocycles. The summed E-state index contributed by atoms with van der Waals surface area (Å²) in [7, 11) is -4.01. The summed E-state index contributed by atoms with van der Waals surface area (Å²) in [6.07, 6.45) is -13.5. The van der Waals surface area contributed by atoms with Gasteiger partial charge >= 0.3 is 50.7 Å². The van der Waals surface area contributed by atoms with Crippen LogP contribution >= 0.6 is 7.82 Å². The molecular formula is C74H89F10N10O16P. The number of alkyl carbamates (subject to hydrolysis) is 1. The monoisotopic (exact) mass is 1590 g/mol. The van der Waals surface area contributed by atoms with E-state index in [4.69, 9.17) is 14.0 Å². The topological polar surface area (TPSA) is 333 Å². The number of methoxy groups -OCH3 is 2. The molecule has 37 heteroatoms. The highest BCUT2D eigenvalue weighted by Crippen LogP contribution is 2.48. The molecule has 3 saturated heterocycles. The number of hydrazine groups is 1. The summed E-state index contributed by atoms with van der Waals surface area (Å²) in [4.78, 5) is 132. The molecule has 0 aliphatic carbocycles. The Labute approximate surface area is 633 Å². The molecule has 3 fully saturated rings. The molecule has 0 saturated carbocycles. The lowest BCUT2D eigenvalue weighted by Crippen LogP contribution is -2.62. The second kappa shape index (κ2) is 35.6. The molecule has 0 radical (unpaired) electrons. The zero-order chi connectivity index (χ0) is 82.2. The van der Waals surface area contributed by atoms with Crippen molar-refractivity contribution in [3.05, 3.63) is 124 Å². The molecule has 606 valence electrons. The molecule has 2 unspecified atom stereocenters. The molecule has 8 rings (SSSR count). The smallest absolute Gasteiger partial charge is 0.480 e. The lowest BCUT2D eigenvalue weighted by molar-refractivity contribution is -0.231. The molecule has 7 atom stereocenters. The lowest BCUT2D eigenvalue weighted by Gasteiger charge is -2.47. The molecule has 2 aromatic heterocycles. The Morgan fingerprint density at radius 1 is 0.784 bits per heavy atom. The second-order valence-electron chi connectivity index (χ2n) is 30.1. The fourth-order valence-electron chi connectivity index (χ4n) is 13.9. The summed E-state index contributed by atoms with van der Waals surface area (Å²) < 4.78 is 192. The third-order valence-corrected chi connectivity index (χ3v) is 20.5. The van der Waals surface area contributed by atoms with Crippen molar-refractivity contribution in [1.29, 1.82) is 0 Å². The zero-order valence-corrected chi connectivity index (χ0v) is 63.5. The number of carboxylic acids is 1. The van der Waals surface area contributed by atoms with E-state index in [1.807, 2.05) is 5.32 Å². The minimum atomic E-state index is -5.59. The standard InChI is InChI=1S/C74H89F10N10O16P/c1-40(2)22-56(66(100)101)87-60(96)29-47-23-41(3)24-58(110-111(103,104)105)63(47)70(4,5)31-62(98)109-59(37-92(90-65(99)52(30-61(97)106-10)71(6,7)73(79,80)81)36-51-53(75)26-45(27-54(51)76)55-20-21-93(89-55)67(77)78)46(28-57(95)64(88-69(102)107-11)72(8,9)74(82,83)84)25-43-15-12-42(13-16-43)14-17-44-32-85-68(86-33-44)91-34-48-18-19-49(35-91)94(48)50-38-108-39-50/h12-13,15-16,20-21,23-24,26-27,32-33,40,46,48-50,52,56,59,64,67H,18-19,22,25,28-31,34-39H2,1-11H3,(H,87,96)(H,88,102)(H,90,99)(H,100,101)(H2,103,104,105)/t46-,48?,49?,52-,56+,59+,64-/m1/s1. The predicted molar refractivity (Wildman–Crippen MR) is 377 cm³/mol. The van der Waals surface area contributed by atoms with Gasteiger partial charge in [0.25, 0.3) is 0 Å². The van der Waals surface area contributed by atoms with Crippen LogP contribution in [0, 0.1) is 59.0 Å². The highest BCUT2D eigenvalue weighted by Gasteiger charge is 2.57. The van der Waals surface area contributed by atoms with E-state index in [2.05, 4.69) is 56.9 Å². The van der Waals surface area contributed by atoms with E-state index in [0.29, 0.717) is 106 Å². The number of hydrogen-bond donors (Lipinski definition) is 6. The number of nitrogens with zero attached hydrogens (tertiary/aromatic N) is 7. The normalized spacial score (nSPS) is 17.2. The van der Waals surface area contributed by atoms with Gasteiger partial charge in [0.2, 0.25) is 17.8 Å². The number of ketones is 1. The number of carboxylic acid groups (broad SMARTS) is 1. The van der Waals surface area contributed by atoms with Gasteiger partial charge in [-0.15, -0.1) is 0 Å². The number of carbonyl (C=O) groups is 7. The first kappa shape index (κ1) is 87.3. The first-order valence-corrected chi connectivity index (χ1v) is 36.8. The molecular weight excluding hydrogens is 1510 g/mol. The van der Waals surface area contributed by atoms with Crippen LogP contribution in [0.15, 0.2) is 73.2 Å². The summed E-state index contributed by atoms with van der Waals surface area (Å²) in [5.74, 6) is -10.2. The van der Waals surface area contributed by atoms with Gasteiger partial charge < -0.3 is 44.1 Å². The van der Waals surface area contributed by atoms with Crippen molar-refractivity contribution in [3.8, 4) is 28.8 Å². The van der Waals surface area contributed by atoms with E-state index in [9.17, 15) is 52.2 Å². The predicted octanol–water partition coefficient (Wildman–Crippen LogP) is 10.4. The number of ether oxygens (including phenoxy) is 4. The number of Topliss-reactive ketones (excluding diaryl/α,β-unsaturated/α-hetero) is 1. The Morgan fingerprint density at radius 3 is 1.91 bits per heavy atom. The summed E-state index contributed by atoms with van der Waals surface area (Å²) in [5, 5.41) is 18.5. The van der Waals surface area contributed by atoms with E-state index in [-0.39, 0.29) is 39.3 Å². The maximum atomic E-state index is 16.9. The van der Waals surface area contributed by atoms with Crippen molar-refractivity contribution in [2.24, 2.45) is 28.6 Å². The van der Waals surface area contributed by atoms with E-state index < -0.39 is 194 Å². The van der Waals surface area contributed by atoms with Crippen LogP contribution in [0.3, 0.4) is 0 Å². The Kier molecular flexibility index (Phi) is 28.0. The number of benzene rings is 3. The average Bonchev–Trinajstić information content (AvgIpc) is 0.892. The SMILES string of the molecule is COC(=O)C[C@H](C(=O)NN(Cc1c(F)cc(-c2ccn(C(F)F)n2)cc1F)C[C@H](OC(=O)CC(C)(C)c1c(CC(=O)N[C@@H](CC(C)C)C(=O)O)cc(C)cc1OP(=O)(O)O)[C@@H](CC(=O)[C@@H](NC(=O)OC)C(C)(C)C(F)(F)F)Cc1ccc(C#Cc2cnc(N3CC4CCC(C3)N4C3COC3)nc2)cc1)C(C)(C)C(F)(F)F. The van der Waals surface area contributed by atoms with Crippen LogP contribution in [0.5, 0.6) is 5.75 Å². The minimum Gasteiger partial charge on any atom is -0.480 e. The maximum Gasteiger partial charge on any atom is 0.524 e. The quantitative estimate of drug-likeness (QED) is 0.00568. The largest absolute Gasteiger partial charge is 0.524 e. The van der Waals surface area contributed by atoms with Gasteiger partial charge in [0.1, 0.15) is 35.6 Å². The lowest BCUT2D eigenvalue weighted by atomic mass is 9.75. The van der Waals surface area contributed by atoms with Crippen LogP contribution in [-0.2, 0) is 77.1 Å². The fourth-order valence-corrected chi connectivity index (χ4v) is 14.3. The summed E-state index contributed by atoms with van der Waals surface area (Å²) in [6, 6.07) is 7.45. The number of fused-ring (bicyclic) bond motifs is 2. The number of amides is 3. The molecule has 26 nitrogen and oxygen atoms in total. The van der Waals surface area contributed by atoms with Crippen LogP contribution in [0.1, 0.15) is 139 Å². The Bertz CT molecular complexity index is 4280. The number of anilines is 1. The molecule has 3 aliphatic rings. The highest BCUT2D eigenvalue weighted by molar-refractivity contribution is 7.46. The van der Waals surface area contributed by atoms with Gasteiger partial charge in [-0.3, -0.25) is 44.1 Å². The summed E-state index contributed by atoms with van der Waals surface area (Å²) >= 11 is 0. The number of piperazine rings is 1. The molecule has 6 N–H and O–H groups in total. The zero-order valence-electron chi connectivity index (χ0n) is 62.6. The molecule has 5 heterocycles. The van der Waals surface area contributed by atoms with Gasteiger partial charge in [-0.25, -0.2) is 42.6 Å². The number of nitrogens with one attached hydrogen (secondary N) is 3.